The van der Waals surface area contributed by atoms with Gasteiger partial charge in [-0.3, -0.25) is 0 Å². The molecule has 0 saturated heterocycles. The molecule has 0 fully saturated rings. The molecule has 0 radical (unpaired) electrons. The predicted octanol–water partition coefficient (Wildman–Crippen LogP) is 2.87. The second-order valence-electron chi connectivity index (χ2n) is 4.42. The molecule has 1 aliphatic heterocycles. The van der Waals surface area contributed by atoms with E-state index in [-0.39, 0.29) is 5.92 Å². The van der Waals surface area contributed by atoms with Crippen molar-refractivity contribution < 1.29 is 9.47 Å². The first-order valence-corrected chi connectivity index (χ1v) is 6.31. The summed E-state index contributed by atoms with van der Waals surface area (Å²) in [6.07, 6.45) is 0.881. The van der Waals surface area contributed by atoms with Gasteiger partial charge in [0.2, 0.25) is 0 Å². The van der Waals surface area contributed by atoms with E-state index in [1.807, 2.05) is 13.0 Å². The van der Waals surface area contributed by atoms with Crippen LogP contribution in [0.2, 0.25) is 5.02 Å². The van der Waals surface area contributed by atoms with Gasteiger partial charge in [-0.2, -0.15) is 0 Å². The highest BCUT2D eigenvalue weighted by molar-refractivity contribution is 6.32. The highest BCUT2D eigenvalue weighted by atomic mass is 35.5. The fourth-order valence-corrected chi connectivity index (χ4v) is 2.33. The third-order valence-electron chi connectivity index (χ3n) is 3.14. The maximum absolute atomic E-state index is 6.25. The zero-order chi connectivity index (χ0) is 12.4. The Balaban J connectivity index is 2.52. The van der Waals surface area contributed by atoms with Crippen molar-refractivity contribution in [1.82, 2.24) is 0 Å². The topological polar surface area (TPSA) is 44.5 Å². The average Bonchev–Trinajstić information content (AvgIpc) is 2.58. The van der Waals surface area contributed by atoms with Crippen LogP contribution in [0, 0.1) is 6.92 Å². The average molecular weight is 256 g/mol. The molecule has 2 N–H and O–H groups in total. The van der Waals surface area contributed by atoms with Crippen LogP contribution in [0.5, 0.6) is 11.5 Å². The Morgan fingerprint density at radius 1 is 1.35 bits per heavy atom. The summed E-state index contributed by atoms with van der Waals surface area (Å²) in [4.78, 5) is 0. The highest BCUT2D eigenvalue weighted by Gasteiger charge is 2.21. The van der Waals surface area contributed by atoms with Crippen molar-refractivity contribution in [3.63, 3.8) is 0 Å². The number of hydrogen-bond acceptors (Lipinski definition) is 3. The Bertz CT molecular complexity index is 420. The van der Waals surface area contributed by atoms with Crippen molar-refractivity contribution in [1.29, 1.82) is 0 Å². The summed E-state index contributed by atoms with van der Waals surface area (Å²) >= 11 is 6.25. The van der Waals surface area contributed by atoms with Gasteiger partial charge >= 0.3 is 0 Å². The van der Waals surface area contributed by atoms with Crippen molar-refractivity contribution in [3.05, 3.63) is 22.2 Å². The Morgan fingerprint density at radius 2 is 2.00 bits per heavy atom. The summed E-state index contributed by atoms with van der Waals surface area (Å²) in [7, 11) is 0. The van der Waals surface area contributed by atoms with Crippen molar-refractivity contribution in [2.45, 2.75) is 26.2 Å². The van der Waals surface area contributed by atoms with E-state index in [0.717, 1.165) is 23.3 Å². The van der Waals surface area contributed by atoms with E-state index in [1.165, 1.54) is 0 Å². The molecule has 0 bridgehead atoms. The minimum atomic E-state index is 0.268. The smallest absolute Gasteiger partial charge is 0.180 e. The molecular formula is C13H18ClNO2. The summed E-state index contributed by atoms with van der Waals surface area (Å²) in [5.41, 5.74) is 7.94. The van der Waals surface area contributed by atoms with Gasteiger partial charge in [-0.25, -0.2) is 0 Å². The first-order valence-electron chi connectivity index (χ1n) is 5.93. The molecule has 1 aromatic rings. The minimum absolute atomic E-state index is 0.268. The molecule has 0 saturated carbocycles. The van der Waals surface area contributed by atoms with Gasteiger partial charge in [0, 0.05) is 6.42 Å². The van der Waals surface area contributed by atoms with Gasteiger partial charge in [-0.1, -0.05) is 18.5 Å². The van der Waals surface area contributed by atoms with Crippen LogP contribution in [0.3, 0.4) is 0 Å². The Hall–Kier alpha value is -0.930. The van der Waals surface area contributed by atoms with Gasteiger partial charge in [0.15, 0.2) is 11.5 Å². The second kappa shape index (κ2) is 5.15. The summed E-state index contributed by atoms with van der Waals surface area (Å²) in [5.74, 6) is 1.73. The third-order valence-corrected chi connectivity index (χ3v) is 3.43. The standard InChI is InChI=1S/C13H18ClNO2/c1-8(7-15)10-6-11(14)13-12(9(10)2)16-4-3-5-17-13/h6,8H,3-5,7,15H2,1-2H3. The molecular weight excluding hydrogens is 238 g/mol. The van der Waals surface area contributed by atoms with Crippen molar-refractivity contribution in [3.8, 4) is 11.5 Å². The second-order valence-corrected chi connectivity index (χ2v) is 4.83. The number of halogens is 1. The first kappa shape index (κ1) is 12.5. The molecule has 4 heteroatoms. The van der Waals surface area contributed by atoms with E-state index < -0.39 is 0 Å². The number of ether oxygens (including phenoxy) is 2. The molecule has 2 rings (SSSR count). The fraction of sp³-hybridized carbons (Fsp3) is 0.538. The summed E-state index contributed by atoms with van der Waals surface area (Å²) < 4.78 is 11.4. The molecule has 1 atom stereocenters. The van der Waals surface area contributed by atoms with Crippen LogP contribution < -0.4 is 15.2 Å². The number of hydrogen-bond donors (Lipinski definition) is 1. The summed E-state index contributed by atoms with van der Waals surface area (Å²) in [6.45, 7) is 6.04. The van der Waals surface area contributed by atoms with Crippen LogP contribution in [-0.2, 0) is 0 Å². The van der Waals surface area contributed by atoms with Crippen molar-refractivity contribution in [2.75, 3.05) is 19.8 Å². The quantitative estimate of drug-likeness (QED) is 0.884. The van der Waals surface area contributed by atoms with Crippen LogP contribution in [-0.4, -0.2) is 19.8 Å². The van der Waals surface area contributed by atoms with Crippen LogP contribution in [0.4, 0.5) is 0 Å². The predicted molar refractivity (Wildman–Crippen MR) is 69.3 cm³/mol. The van der Waals surface area contributed by atoms with Gasteiger partial charge in [-0.05, 0) is 36.6 Å². The van der Waals surface area contributed by atoms with E-state index in [2.05, 4.69) is 6.92 Å². The van der Waals surface area contributed by atoms with E-state index >= 15 is 0 Å². The van der Waals surface area contributed by atoms with Crippen LogP contribution in [0.15, 0.2) is 6.07 Å². The molecule has 0 aliphatic carbocycles. The summed E-state index contributed by atoms with van der Waals surface area (Å²) in [5, 5.41) is 0.614. The van der Waals surface area contributed by atoms with E-state index in [1.54, 1.807) is 0 Å². The molecule has 1 heterocycles. The van der Waals surface area contributed by atoms with Gasteiger partial charge in [0.1, 0.15) is 0 Å². The molecule has 1 aliphatic rings. The lowest BCUT2D eigenvalue weighted by Gasteiger charge is -2.18. The molecule has 0 aromatic heterocycles. The van der Waals surface area contributed by atoms with Crippen molar-refractivity contribution >= 4 is 11.6 Å². The Kier molecular flexibility index (Phi) is 3.79. The minimum Gasteiger partial charge on any atom is -0.489 e. The van der Waals surface area contributed by atoms with Crippen LogP contribution in [0.25, 0.3) is 0 Å². The zero-order valence-electron chi connectivity index (χ0n) is 10.3. The lowest BCUT2D eigenvalue weighted by atomic mass is 9.95. The molecule has 0 spiro atoms. The number of fused-ring (bicyclic) bond motifs is 1. The normalized spacial score (nSPS) is 16.5. The SMILES string of the molecule is Cc1c(C(C)CN)cc(Cl)c2c1OCCCO2. The Labute approximate surface area is 107 Å². The molecule has 94 valence electrons. The van der Waals surface area contributed by atoms with Crippen LogP contribution >= 0.6 is 11.6 Å². The van der Waals surface area contributed by atoms with Gasteiger partial charge in [-0.15, -0.1) is 0 Å². The first-order chi connectivity index (χ1) is 8.15. The lowest BCUT2D eigenvalue weighted by Crippen LogP contribution is -2.11. The zero-order valence-corrected chi connectivity index (χ0v) is 11.0. The van der Waals surface area contributed by atoms with Crippen LogP contribution in [0.1, 0.15) is 30.4 Å². The molecule has 1 aromatic carbocycles. The Morgan fingerprint density at radius 3 is 2.65 bits per heavy atom. The number of rotatable bonds is 2. The van der Waals surface area contributed by atoms with E-state index in [9.17, 15) is 0 Å². The van der Waals surface area contributed by atoms with E-state index in [4.69, 9.17) is 26.8 Å². The van der Waals surface area contributed by atoms with Gasteiger partial charge in [0.25, 0.3) is 0 Å². The monoisotopic (exact) mass is 255 g/mol. The van der Waals surface area contributed by atoms with Gasteiger partial charge in [0.05, 0.1) is 18.2 Å². The van der Waals surface area contributed by atoms with Gasteiger partial charge < -0.3 is 15.2 Å². The lowest BCUT2D eigenvalue weighted by molar-refractivity contribution is 0.296. The molecule has 3 nitrogen and oxygen atoms in total. The fourth-order valence-electron chi connectivity index (χ4n) is 2.07. The number of nitrogens with two attached hydrogens (primary N) is 1. The number of benzene rings is 1. The molecule has 0 amide bonds. The highest BCUT2D eigenvalue weighted by Crippen LogP contribution is 2.42. The maximum atomic E-state index is 6.25. The molecule has 1 unspecified atom stereocenters. The maximum Gasteiger partial charge on any atom is 0.180 e. The molecule has 17 heavy (non-hydrogen) atoms. The van der Waals surface area contributed by atoms with Crippen molar-refractivity contribution in [2.24, 2.45) is 5.73 Å². The summed E-state index contributed by atoms with van der Waals surface area (Å²) in [6, 6.07) is 1.95. The largest absolute Gasteiger partial charge is 0.489 e. The third kappa shape index (κ3) is 2.35. The van der Waals surface area contributed by atoms with E-state index in [0.29, 0.717) is 30.5 Å².